The van der Waals surface area contributed by atoms with E-state index in [1.54, 1.807) is 6.07 Å². The third-order valence-corrected chi connectivity index (χ3v) is 4.69. The zero-order valence-electron chi connectivity index (χ0n) is 13.9. The van der Waals surface area contributed by atoms with Crippen LogP contribution in [0.2, 0.25) is 0 Å². The lowest BCUT2D eigenvalue weighted by atomic mass is 9.86. The van der Waals surface area contributed by atoms with Gasteiger partial charge >= 0.3 is 0 Å². The molecule has 5 heteroatoms. The molecule has 1 aromatic carbocycles. The van der Waals surface area contributed by atoms with Crippen LogP contribution < -0.4 is 10.9 Å². The smallest absolute Gasteiger partial charge is 0.267 e. The lowest BCUT2D eigenvalue weighted by molar-refractivity contribution is -0.123. The van der Waals surface area contributed by atoms with E-state index in [4.69, 9.17) is 0 Å². The summed E-state index contributed by atoms with van der Waals surface area (Å²) >= 11 is 0. The van der Waals surface area contributed by atoms with Crippen LogP contribution in [0.1, 0.15) is 32.6 Å². The van der Waals surface area contributed by atoms with Crippen LogP contribution in [-0.4, -0.2) is 21.7 Å². The predicted molar refractivity (Wildman–Crippen MR) is 93.5 cm³/mol. The van der Waals surface area contributed by atoms with Crippen LogP contribution in [0, 0.1) is 5.92 Å². The number of rotatable bonds is 4. The van der Waals surface area contributed by atoms with E-state index < -0.39 is 0 Å². The molecule has 1 fully saturated rings. The first kappa shape index (κ1) is 16.4. The summed E-state index contributed by atoms with van der Waals surface area (Å²) in [5.41, 5.74) is 1.35. The van der Waals surface area contributed by atoms with Crippen molar-refractivity contribution in [2.75, 3.05) is 0 Å². The minimum absolute atomic E-state index is 0.0390. The molecule has 0 aliphatic heterocycles. The van der Waals surface area contributed by atoms with E-state index in [-0.39, 0.29) is 24.1 Å². The Bertz CT molecular complexity index is 755. The maximum absolute atomic E-state index is 12.3. The molecule has 2 aromatic rings. The number of hydrogen-bond acceptors (Lipinski definition) is 3. The Morgan fingerprint density at radius 2 is 1.92 bits per heavy atom. The number of aromatic nitrogens is 2. The average Bonchev–Trinajstić information content (AvgIpc) is 2.60. The number of amides is 1. The molecule has 3 rings (SSSR count). The number of carbonyl (C=O) groups excluding carboxylic acids is 1. The van der Waals surface area contributed by atoms with Gasteiger partial charge in [0.2, 0.25) is 5.91 Å². The molecule has 0 radical (unpaired) electrons. The molecule has 1 saturated carbocycles. The van der Waals surface area contributed by atoms with Gasteiger partial charge in [0.15, 0.2) is 0 Å². The Morgan fingerprint density at radius 1 is 1.17 bits per heavy atom. The first-order valence-corrected chi connectivity index (χ1v) is 8.56. The van der Waals surface area contributed by atoms with E-state index in [0.717, 1.165) is 24.8 Å². The molecule has 1 amide bonds. The zero-order valence-corrected chi connectivity index (χ0v) is 13.9. The molecule has 0 bridgehead atoms. The standard InChI is InChI=1S/C19H23N3O2/c1-14-7-5-6-10-16(14)20-18(23)13-22-19(24)12-11-17(21-22)15-8-3-2-4-9-15/h2-4,8-9,11-12,14,16H,5-7,10,13H2,1H3,(H,20,23)/t14-,16-/m0/s1. The maximum atomic E-state index is 12.3. The maximum Gasteiger partial charge on any atom is 0.267 e. The van der Waals surface area contributed by atoms with E-state index in [0.29, 0.717) is 11.6 Å². The highest BCUT2D eigenvalue weighted by Gasteiger charge is 2.23. The molecule has 0 spiro atoms. The molecule has 24 heavy (non-hydrogen) atoms. The van der Waals surface area contributed by atoms with Gasteiger partial charge in [0.05, 0.1) is 5.69 Å². The molecular formula is C19H23N3O2. The molecule has 0 unspecified atom stereocenters. The molecular weight excluding hydrogens is 302 g/mol. The van der Waals surface area contributed by atoms with Crippen LogP contribution >= 0.6 is 0 Å². The Labute approximate surface area is 141 Å². The van der Waals surface area contributed by atoms with Crippen molar-refractivity contribution in [2.45, 2.75) is 45.2 Å². The van der Waals surface area contributed by atoms with E-state index >= 15 is 0 Å². The van der Waals surface area contributed by atoms with E-state index in [2.05, 4.69) is 17.3 Å². The van der Waals surface area contributed by atoms with Crippen LogP contribution in [0.5, 0.6) is 0 Å². The summed E-state index contributed by atoms with van der Waals surface area (Å²) in [5.74, 6) is 0.344. The average molecular weight is 325 g/mol. The first-order chi connectivity index (χ1) is 11.6. The van der Waals surface area contributed by atoms with Crippen molar-refractivity contribution in [3.63, 3.8) is 0 Å². The Morgan fingerprint density at radius 3 is 2.67 bits per heavy atom. The second-order valence-electron chi connectivity index (χ2n) is 6.52. The van der Waals surface area contributed by atoms with Crippen molar-refractivity contribution >= 4 is 5.91 Å². The third-order valence-electron chi connectivity index (χ3n) is 4.69. The largest absolute Gasteiger partial charge is 0.351 e. The van der Waals surface area contributed by atoms with Crippen LogP contribution in [0.25, 0.3) is 11.3 Å². The SMILES string of the molecule is C[C@H]1CCCC[C@@H]1NC(=O)Cn1nc(-c2ccccc2)ccc1=O. The lowest BCUT2D eigenvalue weighted by Gasteiger charge is -2.29. The van der Waals surface area contributed by atoms with E-state index in [1.165, 1.54) is 17.2 Å². The van der Waals surface area contributed by atoms with Crippen LogP contribution in [0.3, 0.4) is 0 Å². The Kier molecular flexibility index (Phi) is 5.08. The predicted octanol–water partition coefficient (Wildman–Crippen LogP) is 2.61. The summed E-state index contributed by atoms with van der Waals surface area (Å²) in [5, 5.41) is 7.40. The van der Waals surface area contributed by atoms with Crippen LogP contribution in [0.4, 0.5) is 0 Å². The van der Waals surface area contributed by atoms with Gasteiger partial charge in [-0.2, -0.15) is 5.10 Å². The van der Waals surface area contributed by atoms with Crippen molar-refractivity contribution in [3.05, 3.63) is 52.8 Å². The molecule has 1 aliphatic rings. The first-order valence-electron chi connectivity index (χ1n) is 8.56. The Hall–Kier alpha value is -2.43. The third kappa shape index (κ3) is 3.91. The van der Waals surface area contributed by atoms with Crippen molar-refractivity contribution in [2.24, 2.45) is 5.92 Å². The highest BCUT2D eigenvalue weighted by Crippen LogP contribution is 2.23. The molecule has 1 N–H and O–H groups in total. The van der Waals surface area contributed by atoms with Crippen molar-refractivity contribution < 1.29 is 4.79 Å². The fourth-order valence-corrected chi connectivity index (χ4v) is 3.24. The summed E-state index contributed by atoms with van der Waals surface area (Å²) in [4.78, 5) is 24.3. The molecule has 1 aliphatic carbocycles. The minimum Gasteiger partial charge on any atom is -0.351 e. The van der Waals surface area contributed by atoms with Gasteiger partial charge in [-0.05, 0) is 24.8 Å². The Balaban J connectivity index is 1.72. The fraction of sp³-hybridized carbons (Fsp3) is 0.421. The van der Waals surface area contributed by atoms with E-state index in [1.807, 2.05) is 30.3 Å². The number of benzene rings is 1. The lowest BCUT2D eigenvalue weighted by Crippen LogP contribution is -2.43. The number of nitrogens with one attached hydrogen (secondary N) is 1. The number of carbonyl (C=O) groups is 1. The summed E-state index contributed by atoms with van der Waals surface area (Å²) in [6.45, 7) is 2.13. The van der Waals surface area contributed by atoms with Crippen LogP contribution in [0.15, 0.2) is 47.3 Å². The summed E-state index contributed by atoms with van der Waals surface area (Å²) < 4.78 is 1.24. The van der Waals surface area contributed by atoms with Crippen molar-refractivity contribution in [3.8, 4) is 11.3 Å². The second kappa shape index (κ2) is 7.43. The summed E-state index contributed by atoms with van der Waals surface area (Å²) in [6.07, 6.45) is 4.54. The molecule has 5 nitrogen and oxygen atoms in total. The fourth-order valence-electron chi connectivity index (χ4n) is 3.24. The van der Waals surface area contributed by atoms with E-state index in [9.17, 15) is 9.59 Å². The monoisotopic (exact) mass is 325 g/mol. The van der Waals surface area contributed by atoms with Crippen molar-refractivity contribution in [1.29, 1.82) is 0 Å². The molecule has 126 valence electrons. The van der Waals surface area contributed by atoms with Gasteiger partial charge in [0, 0.05) is 17.7 Å². The quantitative estimate of drug-likeness (QED) is 0.940. The molecule has 1 heterocycles. The molecule has 1 aromatic heterocycles. The summed E-state index contributed by atoms with van der Waals surface area (Å²) in [7, 11) is 0. The van der Waals surface area contributed by atoms with Gasteiger partial charge in [0.1, 0.15) is 6.54 Å². The highest BCUT2D eigenvalue weighted by atomic mass is 16.2. The second-order valence-corrected chi connectivity index (χ2v) is 6.52. The van der Waals surface area contributed by atoms with Gasteiger partial charge in [-0.25, -0.2) is 4.68 Å². The number of hydrogen-bond donors (Lipinski definition) is 1. The topological polar surface area (TPSA) is 64.0 Å². The summed E-state index contributed by atoms with van der Waals surface area (Å²) in [6, 6.07) is 13.0. The van der Waals surface area contributed by atoms with Gasteiger partial charge in [-0.1, -0.05) is 50.1 Å². The zero-order chi connectivity index (χ0) is 16.9. The van der Waals surface area contributed by atoms with Crippen LogP contribution in [-0.2, 0) is 11.3 Å². The minimum atomic E-state index is -0.262. The van der Waals surface area contributed by atoms with Gasteiger partial charge in [-0.3, -0.25) is 9.59 Å². The molecule has 2 atom stereocenters. The molecule has 0 saturated heterocycles. The van der Waals surface area contributed by atoms with Gasteiger partial charge < -0.3 is 5.32 Å². The normalized spacial score (nSPS) is 20.5. The van der Waals surface area contributed by atoms with Gasteiger partial charge in [-0.15, -0.1) is 0 Å². The van der Waals surface area contributed by atoms with Crippen molar-refractivity contribution in [1.82, 2.24) is 15.1 Å². The van der Waals surface area contributed by atoms with Gasteiger partial charge in [0.25, 0.3) is 5.56 Å². The number of nitrogens with zero attached hydrogens (tertiary/aromatic N) is 2. The highest BCUT2D eigenvalue weighted by molar-refractivity contribution is 5.76.